The fourth-order valence-electron chi connectivity index (χ4n) is 1.61. The molecule has 0 amide bonds. The van der Waals surface area contributed by atoms with Gasteiger partial charge in [-0.3, -0.25) is 0 Å². The van der Waals surface area contributed by atoms with Crippen molar-refractivity contribution in [1.29, 1.82) is 0 Å². The highest BCUT2D eigenvalue weighted by molar-refractivity contribution is 7.09. The standard InChI is InChI=1S/C15H17Cl2NOS/c1-15(2,3)13-9-20-14(18-13)8-19-12-5-4-10(7-16)6-11(12)17/h4-6,9H,7-8H2,1-3H3. The van der Waals surface area contributed by atoms with E-state index in [1.807, 2.05) is 18.2 Å². The fraction of sp³-hybridized carbons (Fsp3) is 0.400. The molecule has 0 saturated carbocycles. The number of benzene rings is 1. The molecule has 2 nitrogen and oxygen atoms in total. The van der Waals surface area contributed by atoms with Gasteiger partial charge < -0.3 is 4.74 Å². The van der Waals surface area contributed by atoms with Crippen LogP contribution in [0, 0.1) is 0 Å². The third-order valence-electron chi connectivity index (χ3n) is 2.82. The van der Waals surface area contributed by atoms with Crippen LogP contribution in [0.25, 0.3) is 0 Å². The molecule has 0 bridgehead atoms. The monoisotopic (exact) mass is 329 g/mol. The Kier molecular flexibility index (Phi) is 4.95. The van der Waals surface area contributed by atoms with Crippen molar-refractivity contribution in [2.24, 2.45) is 0 Å². The van der Waals surface area contributed by atoms with Crippen LogP contribution < -0.4 is 4.74 Å². The minimum Gasteiger partial charge on any atom is -0.485 e. The molecule has 0 fully saturated rings. The Labute approximate surface area is 133 Å². The zero-order valence-electron chi connectivity index (χ0n) is 11.7. The van der Waals surface area contributed by atoms with E-state index in [9.17, 15) is 0 Å². The molecule has 108 valence electrons. The summed E-state index contributed by atoms with van der Waals surface area (Å²) in [4.78, 5) is 4.59. The van der Waals surface area contributed by atoms with Crippen molar-refractivity contribution >= 4 is 34.5 Å². The topological polar surface area (TPSA) is 22.1 Å². The predicted molar refractivity (Wildman–Crippen MR) is 86.2 cm³/mol. The second-order valence-electron chi connectivity index (χ2n) is 5.56. The van der Waals surface area contributed by atoms with Crippen molar-refractivity contribution in [3.8, 4) is 5.75 Å². The van der Waals surface area contributed by atoms with Gasteiger partial charge in [0.05, 0.1) is 10.7 Å². The third kappa shape index (κ3) is 3.87. The molecule has 0 saturated heterocycles. The molecule has 0 spiro atoms. The second kappa shape index (κ2) is 6.33. The predicted octanol–water partition coefficient (Wildman–Crippen LogP) is 5.41. The van der Waals surface area contributed by atoms with Gasteiger partial charge in [0.25, 0.3) is 0 Å². The van der Waals surface area contributed by atoms with Crippen LogP contribution in [0.5, 0.6) is 5.75 Å². The fourth-order valence-corrected chi connectivity index (χ4v) is 2.96. The molecule has 1 aromatic carbocycles. The zero-order valence-corrected chi connectivity index (χ0v) is 14.1. The number of aromatic nitrogens is 1. The van der Waals surface area contributed by atoms with Crippen molar-refractivity contribution in [3.05, 3.63) is 44.9 Å². The van der Waals surface area contributed by atoms with Crippen LogP contribution in [0.2, 0.25) is 5.02 Å². The van der Waals surface area contributed by atoms with Gasteiger partial charge in [-0.15, -0.1) is 22.9 Å². The number of nitrogens with zero attached hydrogens (tertiary/aromatic N) is 1. The summed E-state index contributed by atoms with van der Waals surface area (Å²) in [5.41, 5.74) is 2.13. The lowest BCUT2D eigenvalue weighted by Crippen LogP contribution is -2.11. The van der Waals surface area contributed by atoms with Gasteiger partial charge in [-0.25, -0.2) is 4.98 Å². The number of thiazole rings is 1. The smallest absolute Gasteiger partial charge is 0.140 e. The van der Waals surface area contributed by atoms with Crippen LogP contribution in [0.4, 0.5) is 0 Å². The van der Waals surface area contributed by atoms with Crippen LogP contribution >= 0.6 is 34.5 Å². The molecule has 0 aliphatic rings. The maximum atomic E-state index is 6.15. The summed E-state index contributed by atoms with van der Waals surface area (Å²) in [5, 5.41) is 3.61. The number of hydrogen-bond donors (Lipinski definition) is 0. The normalized spacial score (nSPS) is 11.7. The average molecular weight is 330 g/mol. The second-order valence-corrected chi connectivity index (χ2v) is 7.18. The molecule has 2 aromatic rings. The van der Waals surface area contributed by atoms with Crippen molar-refractivity contribution in [1.82, 2.24) is 4.98 Å². The average Bonchev–Trinajstić information content (AvgIpc) is 2.86. The van der Waals surface area contributed by atoms with E-state index in [4.69, 9.17) is 27.9 Å². The number of alkyl halides is 1. The van der Waals surface area contributed by atoms with Crippen molar-refractivity contribution in [2.75, 3.05) is 0 Å². The molecular weight excluding hydrogens is 313 g/mol. The Balaban J connectivity index is 2.04. The van der Waals surface area contributed by atoms with Gasteiger partial charge in [0, 0.05) is 16.7 Å². The quantitative estimate of drug-likeness (QED) is 0.699. The molecule has 20 heavy (non-hydrogen) atoms. The van der Waals surface area contributed by atoms with Gasteiger partial charge in [-0.05, 0) is 17.7 Å². The van der Waals surface area contributed by atoms with Crippen molar-refractivity contribution in [3.63, 3.8) is 0 Å². The van der Waals surface area contributed by atoms with E-state index in [0.29, 0.717) is 23.3 Å². The van der Waals surface area contributed by atoms with E-state index >= 15 is 0 Å². The molecule has 1 heterocycles. The van der Waals surface area contributed by atoms with Gasteiger partial charge in [0.1, 0.15) is 17.4 Å². The Morgan fingerprint density at radius 2 is 2.05 bits per heavy atom. The molecule has 0 N–H and O–H groups in total. The maximum absolute atomic E-state index is 6.15. The first kappa shape index (κ1) is 15.6. The highest BCUT2D eigenvalue weighted by Crippen LogP contribution is 2.28. The first-order chi connectivity index (χ1) is 9.40. The van der Waals surface area contributed by atoms with Crippen LogP contribution in [-0.2, 0) is 17.9 Å². The number of rotatable bonds is 4. The maximum Gasteiger partial charge on any atom is 0.140 e. The first-order valence-corrected chi connectivity index (χ1v) is 8.11. The summed E-state index contributed by atoms with van der Waals surface area (Å²) in [7, 11) is 0. The van der Waals surface area contributed by atoms with E-state index < -0.39 is 0 Å². The lowest BCUT2D eigenvalue weighted by atomic mass is 9.93. The lowest BCUT2D eigenvalue weighted by molar-refractivity contribution is 0.305. The summed E-state index contributed by atoms with van der Waals surface area (Å²) in [6, 6.07) is 5.58. The first-order valence-electron chi connectivity index (χ1n) is 6.32. The number of hydrogen-bond acceptors (Lipinski definition) is 3. The van der Waals surface area contributed by atoms with Crippen LogP contribution in [0.1, 0.15) is 37.0 Å². The molecule has 0 aliphatic heterocycles. The molecule has 0 unspecified atom stereocenters. The SMILES string of the molecule is CC(C)(C)c1csc(COc2ccc(CCl)cc2Cl)n1. The summed E-state index contributed by atoms with van der Waals surface area (Å²) in [6.07, 6.45) is 0. The summed E-state index contributed by atoms with van der Waals surface area (Å²) < 4.78 is 5.72. The Morgan fingerprint density at radius 1 is 1.30 bits per heavy atom. The summed E-state index contributed by atoms with van der Waals surface area (Å²) >= 11 is 13.5. The minimum absolute atomic E-state index is 0.0639. The summed E-state index contributed by atoms with van der Waals surface area (Å²) in [5.74, 6) is 1.11. The molecule has 0 radical (unpaired) electrons. The Hall–Kier alpha value is -0.770. The van der Waals surface area contributed by atoms with Crippen molar-refractivity contribution < 1.29 is 4.74 Å². The molecule has 1 aromatic heterocycles. The van der Waals surface area contributed by atoms with Gasteiger partial charge >= 0.3 is 0 Å². The van der Waals surface area contributed by atoms with Gasteiger partial charge in [-0.1, -0.05) is 38.4 Å². The van der Waals surface area contributed by atoms with Crippen LogP contribution in [0.3, 0.4) is 0 Å². The molecule has 0 aliphatic carbocycles. The van der Waals surface area contributed by atoms with Crippen LogP contribution in [0.15, 0.2) is 23.6 Å². The van der Waals surface area contributed by atoms with E-state index in [1.54, 1.807) is 11.3 Å². The Bertz CT molecular complexity index is 590. The van der Waals surface area contributed by atoms with E-state index in [-0.39, 0.29) is 5.41 Å². The summed E-state index contributed by atoms with van der Waals surface area (Å²) in [6.45, 7) is 6.87. The number of halogens is 2. The highest BCUT2D eigenvalue weighted by Gasteiger charge is 2.17. The van der Waals surface area contributed by atoms with E-state index in [0.717, 1.165) is 16.3 Å². The lowest BCUT2D eigenvalue weighted by Gasteiger charge is -2.14. The molecule has 2 rings (SSSR count). The minimum atomic E-state index is 0.0639. The number of ether oxygens (including phenoxy) is 1. The Morgan fingerprint density at radius 3 is 2.60 bits per heavy atom. The van der Waals surface area contributed by atoms with Gasteiger partial charge in [0.15, 0.2) is 0 Å². The van der Waals surface area contributed by atoms with Crippen LogP contribution in [-0.4, -0.2) is 4.98 Å². The highest BCUT2D eigenvalue weighted by atomic mass is 35.5. The molecule has 0 atom stereocenters. The third-order valence-corrected chi connectivity index (χ3v) is 4.25. The van der Waals surface area contributed by atoms with E-state index in [2.05, 4.69) is 31.1 Å². The van der Waals surface area contributed by atoms with Crippen molar-refractivity contribution in [2.45, 2.75) is 38.7 Å². The van der Waals surface area contributed by atoms with Gasteiger partial charge in [0.2, 0.25) is 0 Å². The van der Waals surface area contributed by atoms with Gasteiger partial charge in [-0.2, -0.15) is 0 Å². The largest absolute Gasteiger partial charge is 0.485 e. The zero-order chi connectivity index (χ0) is 14.8. The van der Waals surface area contributed by atoms with E-state index in [1.165, 1.54) is 0 Å². The molecular formula is C15H17Cl2NOS. The molecule has 5 heteroatoms.